The predicted molar refractivity (Wildman–Crippen MR) is 104 cm³/mol. The summed E-state index contributed by atoms with van der Waals surface area (Å²) < 4.78 is 4.54. The Morgan fingerprint density at radius 2 is 1.79 bits per heavy atom. The van der Waals surface area contributed by atoms with Crippen molar-refractivity contribution in [2.24, 2.45) is 0 Å². The summed E-state index contributed by atoms with van der Waals surface area (Å²) >= 11 is 0. The minimum Gasteiger partial charge on any atom is -0.453 e. The summed E-state index contributed by atoms with van der Waals surface area (Å²) in [6.07, 6.45) is 1.67. The van der Waals surface area contributed by atoms with E-state index < -0.39 is 12.1 Å². The molecule has 1 aliphatic heterocycles. The van der Waals surface area contributed by atoms with Crippen LogP contribution in [0.4, 0.5) is 4.79 Å². The highest BCUT2D eigenvalue weighted by Gasteiger charge is 2.27. The molecular weight excluding hydrogens is 360 g/mol. The molecule has 1 atom stereocenters. The van der Waals surface area contributed by atoms with Gasteiger partial charge in [0.25, 0.3) is 5.91 Å². The lowest BCUT2D eigenvalue weighted by Gasteiger charge is -2.25. The topological polar surface area (TPSA) is 91.8 Å². The van der Waals surface area contributed by atoms with Crippen LogP contribution < -0.4 is 5.32 Å². The minimum atomic E-state index is -0.682. The van der Waals surface area contributed by atoms with E-state index in [0.717, 1.165) is 10.9 Å². The van der Waals surface area contributed by atoms with Gasteiger partial charge in [-0.25, -0.2) is 4.79 Å². The standard InChI is InChI=1S/C20H24N4O4/c1-14(22-20(27)28-2)18(25)23-10-5-11-24(13-12-23)19(26)16-8-9-21-17-7-4-3-6-15(16)17/h3-4,6-9,14H,5,10-13H2,1-2H3,(H,22,27). The third-order valence-corrected chi connectivity index (χ3v) is 4.86. The van der Waals surface area contributed by atoms with Crippen LogP contribution in [-0.4, -0.2) is 72.0 Å². The molecular formula is C20H24N4O4. The number of hydrogen-bond acceptors (Lipinski definition) is 5. The number of aromatic nitrogens is 1. The zero-order valence-corrected chi connectivity index (χ0v) is 16.1. The van der Waals surface area contributed by atoms with Crippen molar-refractivity contribution < 1.29 is 19.1 Å². The molecule has 8 nitrogen and oxygen atoms in total. The van der Waals surface area contributed by atoms with Crippen LogP contribution >= 0.6 is 0 Å². The van der Waals surface area contributed by atoms with Gasteiger partial charge in [0.1, 0.15) is 6.04 Å². The first-order chi connectivity index (χ1) is 13.5. The van der Waals surface area contributed by atoms with Gasteiger partial charge in [-0.1, -0.05) is 18.2 Å². The largest absolute Gasteiger partial charge is 0.453 e. The highest BCUT2D eigenvalue weighted by atomic mass is 16.5. The third kappa shape index (κ3) is 4.21. The van der Waals surface area contributed by atoms with Crippen molar-refractivity contribution in [2.45, 2.75) is 19.4 Å². The molecule has 0 radical (unpaired) electrons. The van der Waals surface area contributed by atoms with E-state index in [-0.39, 0.29) is 11.8 Å². The van der Waals surface area contributed by atoms with E-state index in [1.807, 2.05) is 24.3 Å². The quantitative estimate of drug-likeness (QED) is 0.869. The van der Waals surface area contributed by atoms with E-state index in [9.17, 15) is 14.4 Å². The minimum absolute atomic E-state index is 0.0615. The van der Waals surface area contributed by atoms with Gasteiger partial charge < -0.3 is 19.9 Å². The maximum Gasteiger partial charge on any atom is 0.407 e. The first-order valence-corrected chi connectivity index (χ1v) is 9.27. The molecule has 3 amide bonds. The van der Waals surface area contributed by atoms with Crippen LogP contribution in [0.3, 0.4) is 0 Å². The molecule has 28 heavy (non-hydrogen) atoms. The van der Waals surface area contributed by atoms with Crippen molar-refractivity contribution in [3.05, 3.63) is 42.1 Å². The first kappa shape index (κ1) is 19.6. The fourth-order valence-corrected chi connectivity index (χ4v) is 3.36. The first-order valence-electron chi connectivity index (χ1n) is 9.27. The molecule has 3 rings (SSSR count). The Labute approximate surface area is 163 Å². The zero-order valence-electron chi connectivity index (χ0n) is 16.1. The lowest BCUT2D eigenvalue weighted by Crippen LogP contribution is -2.48. The van der Waals surface area contributed by atoms with Crippen molar-refractivity contribution in [1.29, 1.82) is 0 Å². The van der Waals surface area contributed by atoms with Crippen molar-refractivity contribution in [3.63, 3.8) is 0 Å². The van der Waals surface area contributed by atoms with Gasteiger partial charge in [0.05, 0.1) is 18.2 Å². The molecule has 2 heterocycles. The molecule has 1 aromatic heterocycles. The summed E-state index contributed by atoms with van der Waals surface area (Å²) in [5, 5.41) is 3.31. The smallest absolute Gasteiger partial charge is 0.407 e. The Morgan fingerprint density at radius 3 is 2.57 bits per heavy atom. The summed E-state index contributed by atoms with van der Waals surface area (Å²) in [5.74, 6) is -0.248. The summed E-state index contributed by atoms with van der Waals surface area (Å²) in [7, 11) is 1.25. The maximum absolute atomic E-state index is 13.1. The second-order valence-electron chi connectivity index (χ2n) is 6.70. The number of nitrogens with one attached hydrogen (secondary N) is 1. The molecule has 1 aromatic carbocycles. The average Bonchev–Trinajstić information content (AvgIpc) is 2.98. The van der Waals surface area contributed by atoms with Crippen molar-refractivity contribution in [3.8, 4) is 0 Å². The molecule has 1 saturated heterocycles. The van der Waals surface area contributed by atoms with E-state index in [4.69, 9.17) is 0 Å². The molecule has 0 saturated carbocycles. The Bertz CT molecular complexity index is 880. The third-order valence-electron chi connectivity index (χ3n) is 4.86. The van der Waals surface area contributed by atoms with E-state index in [1.165, 1.54) is 7.11 Å². The summed E-state index contributed by atoms with van der Waals surface area (Å²) in [4.78, 5) is 44.7. The van der Waals surface area contributed by atoms with E-state index >= 15 is 0 Å². The van der Waals surface area contributed by atoms with Crippen molar-refractivity contribution >= 4 is 28.8 Å². The number of alkyl carbamates (subject to hydrolysis) is 1. The van der Waals surface area contributed by atoms with Crippen LogP contribution in [-0.2, 0) is 9.53 Å². The number of carbonyl (C=O) groups excluding carboxylic acids is 3. The highest BCUT2D eigenvalue weighted by Crippen LogP contribution is 2.19. The van der Waals surface area contributed by atoms with Crippen LogP contribution in [0.15, 0.2) is 36.5 Å². The van der Waals surface area contributed by atoms with Gasteiger partial charge in [-0.05, 0) is 25.5 Å². The normalized spacial score (nSPS) is 15.6. The summed E-state index contributed by atoms with van der Waals surface area (Å²) in [5.41, 5.74) is 1.40. The number of carbonyl (C=O) groups is 3. The number of benzene rings is 1. The SMILES string of the molecule is COC(=O)NC(C)C(=O)N1CCCN(C(=O)c2ccnc3ccccc23)CC1. The Kier molecular flexibility index (Phi) is 6.08. The van der Waals surface area contributed by atoms with Gasteiger partial charge in [0.15, 0.2) is 0 Å². The number of nitrogens with zero attached hydrogens (tertiary/aromatic N) is 3. The van der Waals surface area contributed by atoms with Gasteiger partial charge in [-0.2, -0.15) is 0 Å². The zero-order chi connectivity index (χ0) is 20.1. The van der Waals surface area contributed by atoms with Crippen LogP contribution in [0.25, 0.3) is 10.9 Å². The number of pyridine rings is 1. The second kappa shape index (κ2) is 8.69. The molecule has 1 unspecified atom stereocenters. The second-order valence-corrected chi connectivity index (χ2v) is 6.70. The van der Waals surface area contributed by atoms with Crippen LogP contribution in [0.2, 0.25) is 0 Å². The fraction of sp³-hybridized carbons (Fsp3) is 0.400. The van der Waals surface area contributed by atoms with Gasteiger partial charge in [0, 0.05) is 37.8 Å². The molecule has 0 aliphatic carbocycles. The Balaban J connectivity index is 1.68. The van der Waals surface area contributed by atoms with Gasteiger partial charge >= 0.3 is 6.09 Å². The molecule has 0 spiro atoms. The van der Waals surface area contributed by atoms with Crippen LogP contribution in [0.5, 0.6) is 0 Å². The van der Waals surface area contributed by atoms with Gasteiger partial charge in [0.2, 0.25) is 5.91 Å². The number of fused-ring (bicyclic) bond motifs is 1. The molecule has 148 valence electrons. The Morgan fingerprint density at radius 1 is 1.07 bits per heavy atom. The van der Waals surface area contributed by atoms with E-state index in [1.54, 1.807) is 29.0 Å². The molecule has 2 aromatic rings. The lowest BCUT2D eigenvalue weighted by molar-refractivity contribution is -0.132. The molecule has 1 N–H and O–H groups in total. The van der Waals surface area contributed by atoms with E-state index in [2.05, 4.69) is 15.0 Å². The summed E-state index contributed by atoms with van der Waals surface area (Å²) in [6.45, 7) is 3.58. The number of para-hydroxylation sites is 1. The fourth-order valence-electron chi connectivity index (χ4n) is 3.36. The number of hydrogen-bond donors (Lipinski definition) is 1. The monoisotopic (exact) mass is 384 g/mol. The number of rotatable bonds is 3. The lowest BCUT2D eigenvalue weighted by atomic mass is 10.1. The molecule has 8 heteroatoms. The molecule has 0 bridgehead atoms. The van der Waals surface area contributed by atoms with Crippen LogP contribution in [0, 0.1) is 0 Å². The number of methoxy groups -OCH3 is 1. The molecule has 1 aliphatic rings. The van der Waals surface area contributed by atoms with Crippen molar-refractivity contribution in [1.82, 2.24) is 20.1 Å². The average molecular weight is 384 g/mol. The van der Waals surface area contributed by atoms with Gasteiger partial charge in [-0.3, -0.25) is 14.6 Å². The number of ether oxygens (including phenoxy) is 1. The Hall–Kier alpha value is -3.16. The predicted octanol–water partition coefficient (Wildman–Crippen LogP) is 1.65. The number of amides is 3. The summed E-state index contributed by atoms with van der Waals surface area (Å²) in [6, 6.07) is 8.61. The van der Waals surface area contributed by atoms with Crippen LogP contribution in [0.1, 0.15) is 23.7 Å². The van der Waals surface area contributed by atoms with Gasteiger partial charge in [-0.15, -0.1) is 0 Å². The highest BCUT2D eigenvalue weighted by molar-refractivity contribution is 6.06. The molecule has 1 fully saturated rings. The van der Waals surface area contributed by atoms with E-state index in [0.29, 0.717) is 38.2 Å². The maximum atomic E-state index is 13.1. The van der Waals surface area contributed by atoms with Crippen molar-refractivity contribution in [2.75, 3.05) is 33.3 Å².